The molecule has 5 heteroatoms. The molecule has 0 aliphatic rings. The van der Waals surface area contributed by atoms with Crippen molar-refractivity contribution in [3.05, 3.63) is 51.1 Å². The van der Waals surface area contributed by atoms with Gasteiger partial charge in [0.05, 0.1) is 0 Å². The van der Waals surface area contributed by atoms with Gasteiger partial charge in [-0.3, -0.25) is 0 Å². The average molecular weight is 328 g/mol. The normalized spacial score (nSPS) is 10.4. The number of aromatic nitrogens is 1. The summed E-state index contributed by atoms with van der Waals surface area (Å²) in [7, 11) is 0. The third-order valence-corrected chi connectivity index (χ3v) is 3.31. The van der Waals surface area contributed by atoms with Gasteiger partial charge in [0.15, 0.2) is 0 Å². The fourth-order valence-corrected chi connectivity index (χ4v) is 2.00. The largest absolute Gasteiger partial charge is 0.439 e. The third-order valence-electron chi connectivity index (χ3n) is 2.46. The quantitative estimate of drug-likeness (QED) is 0.925. The van der Waals surface area contributed by atoms with E-state index in [-0.39, 0.29) is 0 Å². The zero-order chi connectivity index (χ0) is 13.1. The molecule has 0 aliphatic carbocycles. The molecule has 0 atom stereocenters. The lowest BCUT2D eigenvalue weighted by atomic mass is 10.2. The van der Waals surface area contributed by atoms with Gasteiger partial charge in [-0.25, -0.2) is 4.98 Å². The highest BCUT2D eigenvalue weighted by atomic mass is 79.9. The van der Waals surface area contributed by atoms with Crippen molar-refractivity contribution in [1.82, 2.24) is 4.98 Å². The van der Waals surface area contributed by atoms with Gasteiger partial charge in [0.2, 0.25) is 5.88 Å². The summed E-state index contributed by atoms with van der Waals surface area (Å²) in [5.74, 6) is 1.21. The van der Waals surface area contributed by atoms with Crippen LogP contribution in [0.3, 0.4) is 0 Å². The molecule has 0 amide bonds. The van der Waals surface area contributed by atoms with Gasteiger partial charge >= 0.3 is 0 Å². The Morgan fingerprint density at radius 2 is 2.17 bits per heavy atom. The van der Waals surface area contributed by atoms with Crippen molar-refractivity contribution in [2.75, 3.05) is 0 Å². The van der Waals surface area contributed by atoms with Crippen molar-refractivity contribution < 1.29 is 4.74 Å². The van der Waals surface area contributed by atoms with Gasteiger partial charge < -0.3 is 10.5 Å². The molecule has 2 rings (SSSR count). The number of benzene rings is 1. The molecule has 0 saturated carbocycles. The first-order chi connectivity index (χ1) is 8.60. The van der Waals surface area contributed by atoms with Crippen LogP contribution < -0.4 is 10.5 Å². The average Bonchev–Trinajstić information content (AvgIpc) is 2.36. The van der Waals surface area contributed by atoms with E-state index < -0.39 is 0 Å². The number of hydrogen-bond acceptors (Lipinski definition) is 3. The second-order valence-corrected chi connectivity index (χ2v) is 5.16. The molecule has 0 aliphatic heterocycles. The Balaban J connectivity index is 2.30. The number of ether oxygens (including phenoxy) is 1. The summed E-state index contributed by atoms with van der Waals surface area (Å²) in [6.45, 7) is 2.29. The first-order valence-corrected chi connectivity index (χ1v) is 6.55. The van der Waals surface area contributed by atoms with Crippen LogP contribution in [0, 0.1) is 6.92 Å². The van der Waals surface area contributed by atoms with Crippen LogP contribution >= 0.6 is 27.5 Å². The fourth-order valence-electron chi connectivity index (χ4n) is 1.50. The number of halogens is 2. The fraction of sp³-hybridized carbons (Fsp3) is 0.154. The Morgan fingerprint density at radius 1 is 1.39 bits per heavy atom. The highest BCUT2D eigenvalue weighted by molar-refractivity contribution is 9.10. The molecule has 1 aromatic carbocycles. The lowest BCUT2D eigenvalue weighted by Gasteiger charge is -2.10. The van der Waals surface area contributed by atoms with Gasteiger partial charge in [-0.1, -0.05) is 11.6 Å². The highest BCUT2D eigenvalue weighted by Crippen LogP contribution is 2.27. The van der Waals surface area contributed by atoms with Gasteiger partial charge in [-0.15, -0.1) is 0 Å². The predicted octanol–water partition coefficient (Wildman–Crippen LogP) is 4.06. The topological polar surface area (TPSA) is 48.1 Å². The van der Waals surface area contributed by atoms with E-state index >= 15 is 0 Å². The highest BCUT2D eigenvalue weighted by Gasteiger charge is 2.07. The minimum absolute atomic E-state index is 0.369. The van der Waals surface area contributed by atoms with Crippen molar-refractivity contribution in [2.24, 2.45) is 5.73 Å². The summed E-state index contributed by atoms with van der Waals surface area (Å²) in [5, 5.41) is 0.713. The maximum Gasteiger partial charge on any atom is 0.223 e. The monoisotopic (exact) mass is 326 g/mol. The Bertz CT molecular complexity index is 575. The summed E-state index contributed by atoms with van der Waals surface area (Å²) in [5.41, 5.74) is 7.47. The molecule has 3 nitrogen and oxygen atoms in total. The summed E-state index contributed by atoms with van der Waals surface area (Å²) in [4.78, 5) is 4.21. The molecule has 0 bridgehead atoms. The number of aryl methyl sites for hydroxylation is 1. The predicted molar refractivity (Wildman–Crippen MR) is 76.1 cm³/mol. The number of rotatable bonds is 3. The lowest BCUT2D eigenvalue weighted by Crippen LogP contribution is -2.01. The molecule has 0 spiro atoms. The summed E-state index contributed by atoms with van der Waals surface area (Å²) < 4.78 is 6.60. The van der Waals surface area contributed by atoms with Crippen molar-refractivity contribution in [1.29, 1.82) is 0 Å². The molecule has 0 radical (unpaired) electrons. The molecule has 1 aromatic heterocycles. The van der Waals surface area contributed by atoms with Crippen LogP contribution in [0.5, 0.6) is 11.6 Å². The van der Waals surface area contributed by atoms with E-state index in [1.54, 1.807) is 18.3 Å². The number of nitrogens with two attached hydrogens (primary N) is 1. The van der Waals surface area contributed by atoms with E-state index in [1.165, 1.54) is 0 Å². The van der Waals surface area contributed by atoms with Crippen molar-refractivity contribution in [3.8, 4) is 11.6 Å². The summed E-state index contributed by atoms with van der Waals surface area (Å²) in [6.07, 6.45) is 1.68. The standard InChI is InChI=1S/C13H12BrClN2O/c1-8-4-11(2-3-12(8)15)18-13-9(6-16)5-10(14)7-17-13/h2-5,7H,6,16H2,1H3. The lowest BCUT2D eigenvalue weighted by molar-refractivity contribution is 0.456. The van der Waals surface area contributed by atoms with Gasteiger partial charge in [0.1, 0.15) is 5.75 Å². The first-order valence-electron chi connectivity index (χ1n) is 5.38. The van der Waals surface area contributed by atoms with Crippen LogP contribution in [0.4, 0.5) is 0 Å². The van der Waals surface area contributed by atoms with Gasteiger partial charge in [0.25, 0.3) is 0 Å². The Labute approximate surface area is 119 Å². The molecule has 94 valence electrons. The van der Waals surface area contributed by atoms with Crippen LogP contribution in [0.15, 0.2) is 34.9 Å². The summed E-state index contributed by atoms with van der Waals surface area (Å²) in [6, 6.07) is 7.37. The summed E-state index contributed by atoms with van der Waals surface area (Å²) >= 11 is 9.32. The third kappa shape index (κ3) is 3.02. The van der Waals surface area contributed by atoms with E-state index in [2.05, 4.69) is 20.9 Å². The van der Waals surface area contributed by atoms with Crippen LogP contribution in [0.25, 0.3) is 0 Å². The molecule has 0 unspecified atom stereocenters. The zero-order valence-electron chi connectivity index (χ0n) is 9.78. The SMILES string of the molecule is Cc1cc(Oc2ncc(Br)cc2CN)ccc1Cl. The van der Waals surface area contributed by atoms with E-state index in [0.29, 0.717) is 23.2 Å². The minimum atomic E-state index is 0.369. The Morgan fingerprint density at radius 3 is 2.83 bits per heavy atom. The number of nitrogens with zero attached hydrogens (tertiary/aromatic N) is 1. The van der Waals surface area contributed by atoms with Crippen LogP contribution in [0.1, 0.15) is 11.1 Å². The van der Waals surface area contributed by atoms with Crippen molar-refractivity contribution in [3.63, 3.8) is 0 Å². The van der Waals surface area contributed by atoms with E-state index in [1.807, 2.05) is 19.1 Å². The second-order valence-electron chi connectivity index (χ2n) is 3.83. The van der Waals surface area contributed by atoms with Crippen molar-refractivity contribution in [2.45, 2.75) is 13.5 Å². The molecular formula is C13H12BrClN2O. The van der Waals surface area contributed by atoms with Crippen LogP contribution in [-0.2, 0) is 6.54 Å². The zero-order valence-corrected chi connectivity index (χ0v) is 12.1. The minimum Gasteiger partial charge on any atom is -0.439 e. The first kappa shape index (κ1) is 13.3. The number of pyridine rings is 1. The Kier molecular flexibility index (Phi) is 4.22. The number of hydrogen-bond donors (Lipinski definition) is 1. The smallest absolute Gasteiger partial charge is 0.223 e. The molecule has 18 heavy (non-hydrogen) atoms. The molecule has 0 saturated heterocycles. The van der Waals surface area contributed by atoms with Crippen LogP contribution in [0.2, 0.25) is 5.02 Å². The second kappa shape index (κ2) is 5.69. The molecule has 1 heterocycles. The van der Waals surface area contributed by atoms with E-state index in [4.69, 9.17) is 22.1 Å². The van der Waals surface area contributed by atoms with Gasteiger partial charge in [-0.05, 0) is 52.7 Å². The van der Waals surface area contributed by atoms with Gasteiger partial charge in [-0.2, -0.15) is 0 Å². The molecule has 0 fully saturated rings. The van der Waals surface area contributed by atoms with E-state index in [9.17, 15) is 0 Å². The molecule has 2 aromatic rings. The van der Waals surface area contributed by atoms with Gasteiger partial charge in [0, 0.05) is 27.8 Å². The molecular weight excluding hydrogens is 316 g/mol. The maximum absolute atomic E-state index is 5.97. The van der Waals surface area contributed by atoms with E-state index in [0.717, 1.165) is 15.6 Å². The Hall–Kier alpha value is -1.10. The van der Waals surface area contributed by atoms with Crippen molar-refractivity contribution >= 4 is 27.5 Å². The van der Waals surface area contributed by atoms with Crippen LogP contribution in [-0.4, -0.2) is 4.98 Å². The maximum atomic E-state index is 5.97. The molecule has 2 N–H and O–H groups in total.